The van der Waals surface area contributed by atoms with Gasteiger partial charge in [-0.05, 0) is 32.9 Å². The van der Waals surface area contributed by atoms with Crippen molar-refractivity contribution in [2.45, 2.75) is 32.5 Å². The van der Waals surface area contributed by atoms with Crippen LogP contribution in [0.15, 0.2) is 30.3 Å². The third-order valence-corrected chi connectivity index (χ3v) is 1.88. The van der Waals surface area contributed by atoms with Gasteiger partial charge in [-0.1, -0.05) is 18.2 Å². The van der Waals surface area contributed by atoms with Crippen LogP contribution in [0.1, 0.15) is 20.8 Å². The molecule has 1 aromatic rings. The molecule has 0 saturated carbocycles. The topological polar surface area (TPSA) is 50.7 Å². The first kappa shape index (κ1) is 14.0. The molecule has 0 aliphatic heterocycles. The fourth-order valence-electron chi connectivity index (χ4n) is 1.12. The van der Waals surface area contributed by atoms with E-state index in [0.717, 1.165) is 5.75 Å². The lowest BCUT2D eigenvalue weighted by Gasteiger charge is -2.21. The second kappa shape index (κ2) is 6.59. The number of hydroxylamine groups is 1. The van der Waals surface area contributed by atoms with Gasteiger partial charge in [0.1, 0.15) is 18.5 Å². The summed E-state index contributed by atoms with van der Waals surface area (Å²) in [5.74, 6) is 0.753. The smallest absolute Gasteiger partial charge is 0.119 e. The van der Waals surface area contributed by atoms with E-state index in [0.29, 0.717) is 6.54 Å². The highest BCUT2D eigenvalue weighted by Gasteiger charge is 2.11. The summed E-state index contributed by atoms with van der Waals surface area (Å²) in [6, 6.07) is 9.41. The van der Waals surface area contributed by atoms with Crippen molar-refractivity contribution in [1.82, 2.24) is 5.48 Å². The van der Waals surface area contributed by atoms with Crippen LogP contribution in [0.5, 0.6) is 5.75 Å². The van der Waals surface area contributed by atoms with Crippen molar-refractivity contribution in [2.24, 2.45) is 0 Å². The van der Waals surface area contributed by atoms with Crippen LogP contribution >= 0.6 is 0 Å². The molecule has 2 N–H and O–H groups in total. The summed E-state index contributed by atoms with van der Waals surface area (Å²) in [6.45, 7) is 6.39. The first-order chi connectivity index (χ1) is 7.97. The molecule has 0 aliphatic rings. The van der Waals surface area contributed by atoms with Gasteiger partial charge in [-0.3, -0.25) is 4.84 Å². The van der Waals surface area contributed by atoms with E-state index >= 15 is 0 Å². The fourth-order valence-corrected chi connectivity index (χ4v) is 1.12. The minimum absolute atomic E-state index is 0.241. The summed E-state index contributed by atoms with van der Waals surface area (Å²) in [5, 5.41) is 9.64. The van der Waals surface area contributed by atoms with Gasteiger partial charge < -0.3 is 9.84 Å². The number of benzene rings is 1. The summed E-state index contributed by atoms with van der Waals surface area (Å²) in [7, 11) is 0. The van der Waals surface area contributed by atoms with Crippen molar-refractivity contribution < 1.29 is 14.7 Å². The second-order valence-electron chi connectivity index (χ2n) is 4.84. The maximum absolute atomic E-state index is 9.64. The Morgan fingerprint density at radius 2 is 1.88 bits per heavy atom. The maximum atomic E-state index is 9.64. The van der Waals surface area contributed by atoms with Gasteiger partial charge >= 0.3 is 0 Å². The molecule has 1 rings (SSSR count). The van der Waals surface area contributed by atoms with Gasteiger partial charge in [0.25, 0.3) is 0 Å². The molecule has 0 bridgehead atoms. The van der Waals surface area contributed by atoms with Gasteiger partial charge in [0.05, 0.1) is 12.1 Å². The summed E-state index contributed by atoms with van der Waals surface area (Å²) in [6.07, 6.45) is -0.599. The number of hydrogen-bond acceptors (Lipinski definition) is 4. The predicted octanol–water partition coefficient (Wildman–Crippen LogP) is 1.75. The van der Waals surface area contributed by atoms with Crippen LogP contribution in [0, 0.1) is 0 Å². The molecule has 0 saturated heterocycles. The zero-order valence-electron chi connectivity index (χ0n) is 10.6. The zero-order valence-corrected chi connectivity index (χ0v) is 10.6. The molecule has 0 fully saturated rings. The Morgan fingerprint density at radius 1 is 1.24 bits per heavy atom. The third-order valence-electron chi connectivity index (χ3n) is 1.88. The summed E-state index contributed by atoms with van der Waals surface area (Å²) < 4.78 is 5.40. The van der Waals surface area contributed by atoms with Crippen molar-refractivity contribution in [3.8, 4) is 5.75 Å². The summed E-state index contributed by atoms with van der Waals surface area (Å²) in [4.78, 5) is 5.29. The van der Waals surface area contributed by atoms with Gasteiger partial charge in [-0.25, -0.2) is 0 Å². The van der Waals surface area contributed by atoms with Crippen LogP contribution < -0.4 is 10.2 Å². The van der Waals surface area contributed by atoms with Gasteiger partial charge in [-0.15, -0.1) is 0 Å². The molecule has 1 aromatic carbocycles. The van der Waals surface area contributed by atoms with E-state index < -0.39 is 6.10 Å². The molecule has 0 amide bonds. The normalized spacial score (nSPS) is 13.4. The molecule has 1 unspecified atom stereocenters. The van der Waals surface area contributed by atoms with E-state index in [1.807, 2.05) is 51.1 Å². The van der Waals surface area contributed by atoms with Crippen molar-refractivity contribution in [3.63, 3.8) is 0 Å². The lowest BCUT2D eigenvalue weighted by Crippen LogP contribution is -2.36. The third kappa shape index (κ3) is 6.94. The highest BCUT2D eigenvalue weighted by Crippen LogP contribution is 2.08. The second-order valence-corrected chi connectivity index (χ2v) is 4.84. The average molecular weight is 239 g/mol. The SMILES string of the molecule is CC(C)(C)ONCC(O)COc1ccccc1. The van der Waals surface area contributed by atoms with Gasteiger partial charge in [0, 0.05) is 0 Å². The molecule has 0 heterocycles. The van der Waals surface area contributed by atoms with Crippen LogP contribution in [0.4, 0.5) is 0 Å². The predicted molar refractivity (Wildman–Crippen MR) is 66.8 cm³/mol. The lowest BCUT2D eigenvalue weighted by atomic mass is 10.2. The number of aliphatic hydroxyl groups is 1. The molecule has 4 nitrogen and oxygen atoms in total. The fraction of sp³-hybridized carbons (Fsp3) is 0.538. The van der Waals surface area contributed by atoms with Crippen LogP contribution in [0.2, 0.25) is 0 Å². The minimum atomic E-state index is -0.599. The quantitative estimate of drug-likeness (QED) is 0.743. The van der Waals surface area contributed by atoms with Gasteiger partial charge in [0.2, 0.25) is 0 Å². The molecule has 4 heteroatoms. The number of para-hydroxylation sites is 1. The summed E-state index contributed by atoms with van der Waals surface area (Å²) in [5.41, 5.74) is 2.47. The zero-order chi connectivity index (χ0) is 12.7. The Kier molecular flexibility index (Phi) is 5.41. The lowest BCUT2D eigenvalue weighted by molar-refractivity contribution is -0.0857. The monoisotopic (exact) mass is 239 g/mol. The molecular weight excluding hydrogens is 218 g/mol. The molecule has 17 heavy (non-hydrogen) atoms. The highest BCUT2D eigenvalue weighted by atomic mass is 16.7. The number of nitrogens with one attached hydrogen (secondary N) is 1. The highest BCUT2D eigenvalue weighted by molar-refractivity contribution is 5.20. The van der Waals surface area contributed by atoms with Crippen molar-refractivity contribution >= 4 is 0 Å². The first-order valence-corrected chi connectivity index (χ1v) is 5.74. The number of ether oxygens (including phenoxy) is 1. The van der Waals surface area contributed by atoms with E-state index in [-0.39, 0.29) is 12.2 Å². The van der Waals surface area contributed by atoms with Gasteiger partial charge in [-0.2, -0.15) is 5.48 Å². The van der Waals surface area contributed by atoms with E-state index in [1.165, 1.54) is 0 Å². The molecule has 0 spiro atoms. The maximum Gasteiger partial charge on any atom is 0.119 e. The molecular formula is C13H21NO3. The number of hydrogen-bond donors (Lipinski definition) is 2. The largest absolute Gasteiger partial charge is 0.491 e. The Balaban J connectivity index is 2.15. The minimum Gasteiger partial charge on any atom is -0.491 e. The Morgan fingerprint density at radius 3 is 2.47 bits per heavy atom. The Labute approximate surface area is 103 Å². The number of rotatable bonds is 6. The van der Waals surface area contributed by atoms with Crippen LogP contribution in [-0.2, 0) is 4.84 Å². The molecule has 0 radical (unpaired) electrons. The van der Waals surface area contributed by atoms with E-state index in [1.54, 1.807) is 0 Å². The molecule has 0 aliphatic carbocycles. The van der Waals surface area contributed by atoms with E-state index in [9.17, 15) is 5.11 Å². The van der Waals surface area contributed by atoms with Crippen LogP contribution in [-0.4, -0.2) is 30.0 Å². The molecule has 0 aromatic heterocycles. The average Bonchev–Trinajstić information content (AvgIpc) is 2.26. The number of aliphatic hydroxyl groups excluding tert-OH is 1. The van der Waals surface area contributed by atoms with Crippen molar-refractivity contribution in [1.29, 1.82) is 0 Å². The standard InChI is InChI=1S/C13H21NO3/c1-13(2,3)17-14-9-11(15)10-16-12-7-5-4-6-8-12/h4-8,11,14-15H,9-10H2,1-3H3. The first-order valence-electron chi connectivity index (χ1n) is 5.74. The van der Waals surface area contributed by atoms with E-state index in [2.05, 4.69) is 5.48 Å². The Bertz CT molecular complexity index is 308. The van der Waals surface area contributed by atoms with Crippen LogP contribution in [0.3, 0.4) is 0 Å². The van der Waals surface area contributed by atoms with Crippen LogP contribution in [0.25, 0.3) is 0 Å². The van der Waals surface area contributed by atoms with Gasteiger partial charge in [0.15, 0.2) is 0 Å². The van der Waals surface area contributed by atoms with Crippen molar-refractivity contribution in [2.75, 3.05) is 13.2 Å². The van der Waals surface area contributed by atoms with E-state index in [4.69, 9.17) is 9.57 Å². The summed E-state index contributed by atoms with van der Waals surface area (Å²) >= 11 is 0. The van der Waals surface area contributed by atoms with Crippen molar-refractivity contribution in [3.05, 3.63) is 30.3 Å². The Hall–Kier alpha value is -1.10. The molecule has 96 valence electrons. The molecule has 1 atom stereocenters.